The first-order chi connectivity index (χ1) is 10.2. The Morgan fingerprint density at radius 3 is 3.14 bits per heavy atom. The van der Waals surface area contributed by atoms with Gasteiger partial charge in [0.05, 0.1) is 9.72 Å². The van der Waals surface area contributed by atoms with E-state index in [1.807, 2.05) is 13.1 Å². The number of rotatable bonds is 3. The Morgan fingerprint density at radius 1 is 1.48 bits per heavy atom. The van der Waals surface area contributed by atoms with E-state index in [1.165, 1.54) is 16.0 Å². The molecule has 1 fully saturated rings. The standard InChI is InChI=1S/C16H18BrN3S/c1-2-5-11-6-3-8-14(15(11)18)21-20-10-13(17)12-7-4-9-19-16(12)20/h2-9,13,16,19H,10,18H2,1H3/p+1/b5-2-. The summed E-state index contributed by atoms with van der Waals surface area (Å²) in [7, 11) is 0. The van der Waals surface area contributed by atoms with E-state index in [9.17, 15) is 0 Å². The predicted octanol–water partition coefficient (Wildman–Crippen LogP) is 3.05. The Bertz CT molecular complexity index is 624. The fourth-order valence-corrected chi connectivity index (χ4v) is 4.65. The van der Waals surface area contributed by atoms with Crippen LogP contribution in [0.15, 0.2) is 53.1 Å². The molecule has 0 radical (unpaired) electrons. The van der Waals surface area contributed by atoms with Crippen molar-refractivity contribution >= 4 is 39.6 Å². The summed E-state index contributed by atoms with van der Waals surface area (Å²) in [4.78, 5) is 1.61. The van der Waals surface area contributed by atoms with Crippen molar-refractivity contribution in [2.24, 2.45) is 0 Å². The second kappa shape index (κ2) is 6.40. The molecule has 4 N–H and O–H groups in total. The molecule has 2 heterocycles. The van der Waals surface area contributed by atoms with Gasteiger partial charge in [-0.15, -0.1) is 0 Å². The number of hydrogen-bond acceptors (Lipinski definition) is 3. The van der Waals surface area contributed by atoms with Crippen molar-refractivity contribution in [3.8, 4) is 0 Å². The molecule has 1 saturated heterocycles. The van der Waals surface area contributed by atoms with E-state index in [-0.39, 0.29) is 6.17 Å². The fourth-order valence-electron chi connectivity index (χ4n) is 2.61. The van der Waals surface area contributed by atoms with E-state index in [0.29, 0.717) is 4.83 Å². The highest BCUT2D eigenvalue weighted by molar-refractivity contribution is 9.09. The quantitative estimate of drug-likeness (QED) is 0.639. The first-order valence-corrected chi connectivity index (χ1v) is 8.68. The highest BCUT2D eigenvalue weighted by Crippen LogP contribution is 2.39. The molecule has 2 unspecified atom stereocenters. The van der Waals surface area contributed by atoms with Crippen LogP contribution in [0.2, 0.25) is 0 Å². The van der Waals surface area contributed by atoms with Crippen LogP contribution in [-0.2, 0) is 0 Å². The predicted molar refractivity (Wildman–Crippen MR) is 93.1 cm³/mol. The molecule has 21 heavy (non-hydrogen) atoms. The highest BCUT2D eigenvalue weighted by atomic mass is 79.9. The Morgan fingerprint density at radius 2 is 2.33 bits per heavy atom. The third-order valence-electron chi connectivity index (χ3n) is 3.68. The summed E-state index contributed by atoms with van der Waals surface area (Å²) in [5.41, 5.74) is 7.91. The molecular weight excluding hydrogens is 346 g/mol. The van der Waals surface area contributed by atoms with E-state index in [1.54, 1.807) is 11.9 Å². The molecule has 5 heteroatoms. The SMILES string of the molecule is C/C=C\c1cccc(SN2CC(Br)C3=CC=CNC32)c1[NH3+]. The average Bonchev–Trinajstić information content (AvgIpc) is 2.81. The lowest BCUT2D eigenvalue weighted by molar-refractivity contribution is -0.258. The van der Waals surface area contributed by atoms with Gasteiger partial charge in [0.25, 0.3) is 0 Å². The fraction of sp³-hybridized carbons (Fsp3) is 0.250. The minimum Gasteiger partial charge on any atom is -0.371 e. The molecule has 2 aliphatic heterocycles. The van der Waals surface area contributed by atoms with Crippen molar-refractivity contribution in [1.29, 1.82) is 0 Å². The maximum atomic E-state index is 4.24. The normalized spacial score (nSPS) is 25.0. The van der Waals surface area contributed by atoms with Crippen molar-refractivity contribution in [3.63, 3.8) is 0 Å². The number of hydrogen-bond donors (Lipinski definition) is 2. The van der Waals surface area contributed by atoms with Crippen LogP contribution in [0.4, 0.5) is 5.69 Å². The number of nitrogens with one attached hydrogen (secondary N) is 1. The van der Waals surface area contributed by atoms with Gasteiger partial charge in [0.2, 0.25) is 0 Å². The van der Waals surface area contributed by atoms with Gasteiger partial charge < -0.3 is 11.1 Å². The molecule has 0 aliphatic carbocycles. The van der Waals surface area contributed by atoms with Crippen LogP contribution in [0.25, 0.3) is 6.08 Å². The monoisotopic (exact) mass is 364 g/mol. The molecule has 110 valence electrons. The summed E-state index contributed by atoms with van der Waals surface area (Å²) >= 11 is 5.54. The number of benzene rings is 1. The van der Waals surface area contributed by atoms with Crippen LogP contribution in [0.3, 0.4) is 0 Å². The van der Waals surface area contributed by atoms with E-state index >= 15 is 0 Å². The Hall–Kier alpha value is -1.01. The molecule has 1 aromatic rings. The lowest BCUT2D eigenvalue weighted by atomic mass is 10.1. The topological polar surface area (TPSA) is 42.9 Å². The Labute approximate surface area is 138 Å². The van der Waals surface area contributed by atoms with E-state index in [0.717, 1.165) is 12.2 Å². The summed E-state index contributed by atoms with van der Waals surface area (Å²) in [5.74, 6) is 0. The number of fused-ring (bicyclic) bond motifs is 1. The zero-order valence-electron chi connectivity index (χ0n) is 11.9. The number of dihydropyridines is 1. The second-order valence-corrected chi connectivity index (χ2v) is 7.27. The van der Waals surface area contributed by atoms with Gasteiger partial charge in [-0.1, -0.05) is 40.2 Å². The second-order valence-electron chi connectivity index (χ2n) is 5.08. The average molecular weight is 365 g/mol. The summed E-state index contributed by atoms with van der Waals surface area (Å²) in [6.07, 6.45) is 10.7. The van der Waals surface area contributed by atoms with E-state index < -0.39 is 0 Å². The number of halogens is 1. The first kappa shape index (κ1) is 14.9. The number of alkyl halides is 1. The molecule has 0 saturated carbocycles. The van der Waals surface area contributed by atoms with Crippen LogP contribution in [0, 0.1) is 0 Å². The maximum absolute atomic E-state index is 4.24. The van der Waals surface area contributed by atoms with Gasteiger partial charge in [-0.05, 0) is 48.9 Å². The molecule has 1 aromatic carbocycles. The van der Waals surface area contributed by atoms with E-state index in [4.69, 9.17) is 0 Å². The molecule has 0 spiro atoms. The number of quaternary nitrogens is 1. The van der Waals surface area contributed by atoms with Crippen LogP contribution >= 0.6 is 27.9 Å². The lowest BCUT2D eigenvalue weighted by Crippen LogP contribution is -2.42. The summed E-state index contributed by atoms with van der Waals surface area (Å²) in [6, 6.07) is 6.35. The number of allylic oxidation sites excluding steroid dienone is 3. The molecular formula is C16H19BrN3S+. The zero-order valence-corrected chi connectivity index (χ0v) is 14.3. The smallest absolute Gasteiger partial charge is 0.150 e. The molecule has 0 amide bonds. The molecule has 0 aromatic heterocycles. The molecule has 3 nitrogen and oxygen atoms in total. The molecule has 2 aliphatic rings. The van der Waals surface area contributed by atoms with Gasteiger partial charge in [0.1, 0.15) is 11.9 Å². The largest absolute Gasteiger partial charge is 0.371 e. The van der Waals surface area contributed by atoms with Crippen molar-refractivity contribution in [2.75, 3.05) is 6.54 Å². The zero-order chi connectivity index (χ0) is 14.8. The van der Waals surface area contributed by atoms with Crippen molar-refractivity contribution in [3.05, 3.63) is 53.8 Å². The van der Waals surface area contributed by atoms with Crippen LogP contribution in [0.1, 0.15) is 12.5 Å². The molecule has 0 bridgehead atoms. The molecule has 3 rings (SSSR count). The minimum absolute atomic E-state index is 0.258. The van der Waals surface area contributed by atoms with Crippen LogP contribution in [-0.4, -0.2) is 21.8 Å². The maximum Gasteiger partial charge on any atom is 0.150 e. The summed E-state index contributed by atoms with van der Waals surface area (Å²) in [6.45, 7) is 3.01. The Kier molecular flexibility index (Phi) is 4.54. The van der Waals surface area contributed by atoms with Gasteiger partial charge >= 0.3 is 0 Å². The van der Waals surface area contributed by atoms with Crippen molar-refractivity contribution in [2.45, 2.75) is 22.8 Å². The van der Waals surface area contributed by atoms with Crippen LogP contribution < -0.4 is 11.1 Å². The Balaban J connectivity index is 1.83. The van der Waals surface area contributed by atoms with Crippen LogP contribution in [0.5, 0.6) is 0 Å². The van der Waals surface area contributed by atoms with Gasteiger partial charge in [-0.25, -0.2) is 4.31 Å². The van der Waals surface area contributed by atoms with Gasteiger partial charge in [0.15, 0.2) is 0 Å². The lowest BCUT2D eigenvalue weighted by Gasteiger charge is -2.25. The molecule has 2 atom stereocenters. The first-order valence-electron chi connectivity index (χ1n) is 6.99. The van der Waals surface area contributed by atoms with Crippen molar-refractivity contribution < 1.29 is 5.73 Å². The third-order valence-corrected chi connectivity index (χ3v) is 5.67. The van der Waals surface area contributed by atoms with E-state index in [2.05, 4.69) is 73.8 Å². The minimum atomic E-state index is 0.258. The van der Waals surface area contributed by atoms with Gasteiger partial charge in [-0.3, -0.25) is 0 Å². The van der Waals surface area contributed by atoms with Gasteiger partial charge in [0, 0.05) is 12.1 Å². The summed E-state index contributed by atoms with van der Waals surface area (Å²) in [5, 5.41) is 3.43. The van der Waals surface area contributed by atoms with Gasteiger partial charge in [-0.2, -0.15) is 0 Å². The summed E-state index contributed by atoms with van der Waals surface area (Å²) < 4.78 is 2.37. The number of nitrogens with zero attached hydrogens (tertiary/aromatic N) is 1. The third kappa shape index (κ3) is 2.97. The van der Waals surface area contributed by atoms with Crippen molar-refractivity contribution in [1.82, 2.24) is 9.62 Å². The highest BCUT2D eigenvalue weighted by Gasteiger charge is 2.36.